The Bertz CT molecular complexity index is 1180. The Morgan fingerprint density at radius 2 is 1.93 bits per heavy atom. The van der Waals surface area contributed by atoms with E-state index in [1.807, 2.05) is 19.2 Å². The Hall–Kier alpha value is -3.52. The van der Waals surface area contributed by atoms with E-state index in [9.17, 15) is 5.26 Å². The molecule has 2 heterocycles. The van der Waals surface area contributed by atoms with Crippen LogP contribution in [0.15, 0.2) is 59.3 Å². The van der Waals surface area contributed by atoms with E-state index in [0.717, 1.165) is 51.8 Å². The summed E-state index contributed by atoms with van der Waals surface area (Å²) in [5.74, 6) is 0.599. The summed E-state index contributed by atoms with van der Waals surface area (Å²) < 4.78 is 7.85. The number of benzene rings is 2. The summed E-state index contributed by atoms with van der Waals surface area (Å²) in [7, 11) is 1.91. The van der Waals surface area contributed by atoms with Gasteiger partial charge in [-0.1, -0.05) is 18.2 Å². The van der Waals surface area contributed by atoms with Gasteiger partial charge >= 0.3 is 0 Å². The minimum Gasteiger partial charge on any atom is -0.445 e. The Morgan fingerprint density at radius 1 is 1.14 bits per heavy atom. The molecule has 1 aliphatic rings. The number of nitriles is 1. The van der Waals surface area contributed by atoms with Crippen LogP contribution >= 0.6 is 0 Å². The van der Waals surface area contributed by atoms with Crippen molar-refractivity contribution in [3.8, 4) is 28.8 Å². The maximum Gasteiger partial charge on any atom is 0.225 e. The van der Waals surface area contributed by atoms with Gasteiger partial charge in [0.15, 0.2) is 0 Å². The summed E-state index contributed by atoms with van der Waals surface area (Å²) in [6, 6.07) is 17.3. The zero-order chi connectivity index (χ0) is 19.1. The monoisotopic (exact) mass is 368 g/mol. The second kappa shape index (κ2) is 6.58. The highest BCUT2D eigenvalue weighted by atomic mass is 16.3. The van der Waals surface area contributed by atoms with Crippen molar-refractivity contribution in [1.82, 2.24) is 9.55 Å². The van der Waals surface area contributed by atoms with Gasteiger partial charge in [0.05, 0.1) is 23.0 Å². The van der Waals surface area contributed by atoms with Crippen molar-refractivity contribution in [2.45, 2.75) is 25.3 Å². The van der Waals surface area contributed by atoms with E-state index in [4.69, 9.17) is 4.42 Å². The molecule has 5 rings (SSSR count). The first-order valence-electron chi connectivity index (χ1n) is 9.56. The molecule has 0 spiro atoms. The number of aromatic nitrogens is 2. The molecule has 5 nitrogen and oxygen atoms in total. The average Bonchev–Trinajstić information content (AvgIpc) is 3.33. The molecule has 2 aromatic carbocycles. The van der Waals surface area contributed by atoms with Crippen LogP contribution in [0.4, 0.5) is 5.69 Å². The van der Waals surface area contributed by atoms with Gasteiger partial charge in [-0.15, -0.1) is 0 Å². The van der Waals surface area contributed by atoms with E-state index in [1.54, 1.807) is 12.5 Å². The van der Waals surface area contributed by atoms with Gasteiger partial charge in [0.25, 0.3) is 0 Å². The van der Waals surface area contributed by atoms with Crippen molar-refractivity contribution in [1.29, 1.82) is 5.26 Å². The van der Waals surface area contributed by atoms with Crippen LogP contribution in [0.5, 0.6) is 0 Å². The molecule has 4 aromatic rings. The maximum atomic E-state index is 10.0. The molecule has 2 aromatic heterocycles. The molecule has 1 saturated carbocycles. The minimum atomic E-state index is 0.420. The van der Waals surface area contributed by atoms with E-state index in [2.05, 4.69) is 51.3 Å². The van der Waals surface area contributed by atoms with Gasteiger partial charge in [-0.3, -0.25) is 0 Å². The quantitative estimate of drug-likeness (QED) is 0.509. The lowest BCUT2D eigenvalue weighted by molar-refractivity contribution is 0.324. The smallest absolute Gasteiger partial charge is 0.225 e. The van der Waals surface area contributed by atoms with Crippen molar-refractivity contribution in [2.24, 2.45) is 0 Å². The standard InChI is InChI=1S/C23H20N4O/c1-25-17-8-5-15(6-9-17)22-20(14-24)19-10-7-16(23-26-11-12-28-23)13-21(19)27(22)18-3-2-4-18/h5-13,18,25H,2-4H2,1H3. The van der Waals surface area contributed by atoms with Gasteiger partial charge in [-0.05, 0) is 49.1 Å². The molecule has 0 radical (unpaired) electrons. The fourth-order valence-corrected chi connectivity index (χ4v) is 4.03. The Morgan fingerprint density at radius 3 is 2.54 bits per heavy atom. The van der Waals surface area contributed by atoms with Crippen LogP contribution in [0, 0.1) is 11.3 Å². The molecular weight excluding hydrogens is 348 g/mol. The highest BCUT2D eigenvalue weighted by Crippen LogP contribution is 2.43. The number of nitrogens with one attached hydrogen (secondary N) is 1. The Kier molecular flexibility index (Phi) is 3.91. The van der Waals surface area contributed by atoms with E-state index >= 15 is 0 Å². The molecule has 0 unspecified atom stereocenters. The predicted octanol–water partition coefficient (Wildman–Crippen LogP) is 5.60. The fraction of sp³-hybridized carbons (Fsp3) is 0.217. The minimum absolute atomic E-state index is 0.420. The Labute approximate surface area is 163 Å². The van der Waals surface area contributed by atoms with Crippen molar-refractivity contribution in [3.05, 3.63) is 60.5 Å². The summed E-state index contributed by atoms with van der Waals surface area (Å²) in [6.07, 6.45) is 6.74. The lowest BCUT2D eigenvalue weighted by Gasteiger charge is -2.30. The van der Waals surface area contributed by atoms with Crippen LogP contribution in [0.25, 0.3) is 33.6 Å². The molecule has 0 amide bonds. The highest BCUT2D eigenvalue weighted by Gasteiger charge is 2.28. The second-order valence-corrected chi connectivity index (χ2v) is 7.19. The predicted molar refractivity (Wildman–Crippen MR) is 110 cm³/mol. The zero-order valence-electron chi connectivity index (χ0n) is 15.6. The fourth-order valence-electron chi connectivity index (χ4n) is 4.03. The van der Waals surface area contributed by atoms with E-state index in [0.29, 0.717) is 11.9 Å². The van der Waals surface area contributed by atoms with Crippen molar-refractivity contribution in [3.63, 3.8) is 0 Å². The summed E-state index contributed by atoms with van der Waals surface area (Å²) >= 11 is 0. The van der Waals surface area contributed by atoms with Crippen molar-refractivity contribution < 1.29 is 4.42 Å². The molecule has 0 atom stereocenters. The number of fused-ring (bicyclic) bond motifs is 1. The molecule has 0 saturated heterocycles. The first kappa shape index (κ1) is 16.6. The maximum absolute atomic E-state index is 10.0. The van der Waals surface area contributed by atoms with Crippen LogP contribution in [-0.2, 0) is 0 Å². The van der Waals surface area contributed by atoms with E-state index in [-0.39, 0.29) is 0 Å². The van der Waals surface area contributed by atoms with Gasteiger partial charge in [-0.2, -0.15) is 5.26 Å². The third-order valence-electron chi connectivity index (χ3n) is 5.68. The molecule has 1 aliphatic carbocycles. The van der Waals surface area contributed by atoms with Crippen LogP contribution in [0.2, 0.25) is 0 Å². The number of nitrogens with zero attached hydrogens (tertiary/aromatic N) is 3. The molecule has 138 valence electrons. The van der Waals surface area contributed by atoms with E-state index in [1.165, 1.54) is 6.42 Å². The summed E-state index contributed by atoms with van der Waals surface area (Å²) in [4.78, 5) is 4.28. The van der Waals surface area contributed by atoms with Gasteiger partial charge < -0.3 is 14.3 Å². The van der Waals surface area contributed by atoms with Crippen LogP contribution in [-0.4, -0.2) is 16.6 Å². The highest BCUT2D eigenvalue weighted by molar-refractivity contribution is 5.96. The molecule has 28 heavy (non-hydrogen) atoms. The Balaban J connectivity index is 1.79. The number of hydrogen-bond acceptors (Lipinski definition) is 4. The lowest BCUT2D eigenvalue weighted by Crippen LogP contribution is -2.17. The van der Waals surface area contributed by atoms with Crippen LogP contribution in [0.1, 0.15) is 30.9 Å². The SMILES string of the molecule is CNc1ccc(-c2c(C#N)c3ccc(-c4ncco4)cc3n2C2CCC2)cc1. The largest absolute Gasteiger partial charge is 0.445 e. The normalized spacial score (nSPS) is 14.0. The topological polar surface area (TPSA) is 66.8 Å². The number of rotatable bonds is 4. The number of anilines is 1. The van der Waals surface area contributed by atoms with Gasteiger partial charge in [0.2, 0.25) is 5.89 Å². The first-order valence-corrected chi connectivity index (χ1v) is 9.56. The zero-order valence-corrected chi connectivity index (χ0v) is 15.6. The van der Waals surface area contributed by atoms with Gasteiger partial charge in [0.1, 0.15) is 12.3 Å². The first-order chi connectivity index (χ1) is 13.8. The van der Waals surface area contributed by atoms with E-state index < -0.39 is 0 Å². The molecular formula is C23H20N4O. The molecule has 0 aliphatic heterocycles. The molecule has 1 N–H and O–H groups in total. The molecule has 0 bridgehead atoms. The number of oxazole rings is 1. The van der Waals surface area contributed by atoms with Gasteiger partial charge in [-0.25, -0.2) is 4.98 Å². The van der Waals surface area contributed by atoms with Crippen molar-refractivity contribution in [2.75, 3.05) is 12.4 Å². The van der Waals surface area contributed by atoms with Crippen molar-refractivity contribution >= 4 is 16.6 Å². The average molecular weight is 368 g/mol. The molecule has 5 heteroatoms. The summed E-state index contributed by atoms with van der Waals surface area (Å²) in [5, 5.41) is 14.1. The number of hydrogen-bond donors (Lipinski definition) is 1. The van der Waals surface area contributed by atoms with Gasteiger partial charge in [0, 0.05) is 29.7 Å². The third kappa shape index (κ3) is 2.49. The second-order valence-electron chi connectivity index (χ2n) is 7.19. The summed E-state index contributed by atoms with van der Waals surface area (Å²) in [6.45, 7) is 0. The van der Waals surface area contributed by atoms with Crippen LogP contribution in [0.3, 0.4) is 0 Å². The summed E-state index contributed by atoms with van der Waals surface area (Å²) in [5.41, 5.74) is 5.87. The third-order valence-corrected chi connectivity index (χ3v) is 5.68. The van der Waals surface area contributed by atoms with Crippen LogP contribution < -0.4 is 5.32 Å². The lowest BCUT2D eigenvalue weighted by atomic mass is 9.92. The molecule has 1 fully saturated rings.